The van der Waals surface area contributed by atoms with Crippen molar-refractivity contribution in [2.24, 2.45) is 11.8 Å². The lowest BCUT2D eigenvalue weighted by Crippen LogP contribution is -2.31. The third-order valence-electron chi connectivity index (χ3n) is 4.48. The zero-order valence-electron chi connectivity index (χ0n) is 12.8. The summed E-state index contributed by atoms with van der Waals surface area (Å²) < 4.78 is 33.2. The maximum atomic E-state index is 13.8. The third kappa shape index (κ3) is 2.77. The number of ether oxygens (including phenoxy) is 1. The van der Waals surface area contributed by atoms with Gasteiger partial charge in [-0.15, -0.1) is 5.10 Å². The second-order valence-corrected chi connectivity index (χ2v) is 6.16. The molecule has 2 aliphatic rings. The predicted octanol–water partition coefficient (Wildman–Crippen LogP) is 2.50. The minimum atomic E-state index is -0.748. The van der Waals surface area contributed by atoms with Crippen LogP contribution in [0.25, 0.3) is 11.4 Å². The highest BCUT2D eigenvalue weighted by molar-refractivity contribution is 5.91. The van der Waals surface area contributed by atoms with Gasteiger partial charge in [0.1, 0.15) is 11.6 Å². The molecule has 1 saturated heterocycles. The Morgan fingerprint density at radius 3 is 2.71 bits per heavy atom. The van der Waals surface area contributed by atoms with Gasteiger partial charge in [-0.2, -0.15) is 4.98 Å². The largest absolute Gasteiger partial charge is 0.377 e. The van der Waals surface area contributed by atoms with Crippen molar-refractivity contribution in [2.75, 3.05) is 11.9 Å². The first-order valence-corrected chi connectivity index (χ1v) is 7.92. The number of aromatic nitrogens is 3. The molecule has 0 bridgehead atoms. The maximum absolute atomic E-state index is 13.8. The predicted molar refractivity (Wildman–Crippen MR) is 80.9 cm³/mol. The Kier molecular flexibility index (Phi) is 3.76. The van der Waals surface area contributed by atoms with Crippen LogP contribution in [0, 0.1) is 23.5 Å². The minimum absolute atomic E-state index is 0.000833. The van der Waals surface area contributed by atoms with Gasteiger partial charge in [0, 0.05) is 6.61 Å². The number of H-pyrrole nitrogens is 1. The van der Waals surface area contributed by atoms with Gasteiger partial charge < -0.3 is 4.74 Å². The molecular formula is C16H16F2N4O2. The summed E-state index contributed by atoms with van der Waals surface area (Å²) in [5.41, 5.74) is -0.300. The third-order valence-corrected chi connectivity index (χ3v) is 4.48. The Morgan fingerprint density at radius 1 is 1.25 bits per heavy atom. The Morgan fingerprint density at radius 2 is 2.00 bits per heavy atom. The number of benzene rings is 1. The number of hydrogen-bond donors (Lipinski definition) is 2. The van der Waals surface area contributed by atoms with E-state index < -0.39 is 11.6 Å². The SMILES string of the molecule is O=C(Nc1n[nH]c(-c2c(F)cccc2F)n1)[C@@H]1CCO[C@H]1C1CC1. The zero-order valence-corrected chi connectivity index (χ0v) is 12.8. The van der Waals surface area contributed by atoms with Crippen molar-refractivity contribution in [3.8, 4) is 11.4 Å². The van der Waals surface area contributed by atoms with Crippen LogP contribution in [-0.2, 0) is 9.53 Å². The molecule has 1 amide bonds. The lowest BCUT2D eigenvalue weighted by molar-refractivity contribution is -0.121. The Balaban J connectivity index is 1.50. The molecule has 0 spiro atoms. The number of hydrogen-bond acceptors (Lipinski definition) is 4. The summed E-state index contributed by atoms with van der Waals surface area (Å²) in [6.45, 7) is 0.568. The molecule has 24 heavy (non-hydrogen) atoms. The van der Waals surface area contributed by atoms with Gasteiger partial charge in [0.2, 0.25) is 11.9 Å². The second-order valence-electron chi connectivity index (χ2n) is 6.16. The van der Waals surface area contributed by atoms with E-state index in [2.05, 4.69) is 20.5 Å². The van der Waals surface area contributed by atoms with E-state index in [1.54, 1.807) is 0 Å². The molecule has 2 N–H and O–H groups in total. The van der Waals surface area contributed by atoms with Crippen LogP contribution in [0.3, 0.4) is 0 Å². The summed E-state index contributed by atoms with van der Waals surface area (Å²) in [5.74, 6) is -1.56. The Labute approximate surface area is 136 Å². The minimum Gasteiger partial charge on any atom is -0.377 e. The van der Waals surface area contributed by atoms with Crippen LogP contribution in [0.15, 0.2) is 18.2 Å². The van der Waals surface area contributed by atoms with Crippen LogP contribution in [0.1, 0.15) is 19.3 Å². The summed E-state index contributed by atoms with van der Waals surface area (Å²) in [5, 5.41) is 8.90. The standard InChI is InChI=1S/C16H16F2N4O2/c17-10-2-1-3-11(18)12(10)14-19-16(22-21-14)20-15(23)9-6-7-24-13(9)8-4-5-8/h1-3,8-9,13H,4-7H2,(H2,19,20,21,22,23)/t9-,13+/m1/s1. The molecule has 2 atom stereocenters. The molecule has 1 aromatic heterocycles. The number of carbonyl (C=O) groups excluding carboxylic acids is 1. The first kappa shape index (κ1) is 15.2. The topological polar surface area (TPSA) is 79.9 Å². The highest BCUT2D eigenvalue weighted by Crippen LogP contribution is 2.41. The van der Waals surface area contributed by atoms with Crippen molar-refractivity contribution in [3.63, 3.8) is 0 Å². The van der Waals surface area contributed by atoms with E-state index in [9.17, 15) is 13.6 Å². The van der Waals surface area contributed by atoms with Crippen molar-refractivity contribution in [2.45, 2.75) is 25.4 Å². The number of aromatic amines is 1. The molecular weight excluding hydrogens is 318 g/mol. The van der Waals surface area contributed by atoms with E-state index in [0.717, 1.165) is 25.0 Å². The maximum Gasteiger partial charge on any atom is 0.249 e. The van der Waals surface area contributed by atoms with Gasteiger partial charge in [0.25, 0.3) is 0 Å². The number of amides is 1. The van der Waals surface area contributed by atoms with Gasteiger partial charge in [-0.1, -0.05) is 6.07 Å². The number of nitrogens with one attached hydrogen (secondary N) is 2. The van der Waals surface area contributed by atoms with E-state index in [1.165, 1.54) is 6.07 Å². The van der Waals surface area contributed by atoms with Crippen molar-refractivity contribution >= 4 is 11.9 Å². The molecule has 1 aromatic carbocycles. The van der Waals surface area contributed by atoms with E-state index in [-0.39, 0.29) is 35.3 Å². The highest BCUT2D eigenvalue weighted by atomic mass is 19.1. The molecule has 1 saturated carbocycles. The fourth-order valence-electron chi connectivity index (χ4n) is 3.14. The average molecular weight is 334 g/mol. The van der Waals surface area contributed by atoms with Crippen LogP contribution in [0.2, 0.25) is 0 Å². The molecule has 1 aliphatic heterocycles. The van der Waals surface area contributed by atoms with Gasteiger partial charge in [0.05, 0.1) is 17.6 Å². The van der Waals surface area contributed by atoms with Gasteiger partial charge in [-0.05, 0) is 37.3 Å². The lowest BCUT2D eigenvalue weighted by atomic mass is 9.97. The molecule has 0 radical (unpaired) electrons. The molecule has 4 rings (SSSR count). The summed E-state index contributed by atoms with van der Waals surface area (Å²) in [4.78, 5) is 16.4. The van der Waals surface area contributed by atoms with Gasteiger partial charge in [-0.3, -0.25) is 15.2 Å². The molecule has 126 valence electrons. The molecule has 8 heteroatoms. The summed E-state index contributed by atoms with van der Waals surface area (Å²) >= 11 is 0. The second kappa shape index (κ2) is 5.94. The zero-order chi connectivity index (χ0) is 16.7. The van der Waals surface area contributed by atoms with E-state index in [4.69, 9.17) is 4.74 Å². The van der Waals surface area contributed by atoms with Crippen molar-refractivity contribution < 1.29 is 18.3 Å². The number of carbonyl (C=O) groups is 1. The number of anilines is 1. The number of halogens is 2. The van der Waals surface area contributed by atoms with Crippen molar-refractivity contribution in [1.82, 2.24) is 15.2 Å². The lowest BCUT2D eigenvalue weighted by Gasteiger charge is -2.16. The van der Waals surface area contributed by atoms with Gasteiger partial charge >= 0.3 is 0 Å². The van der Waals surface area contributed by atoms with Crippen molar-refractivity contribution in [3.05, 3.63) is 29.8 Å². The number of nitrogens with zero attached hydrogens (tertiary/aromatic N) is 2. The van der Waals surface area contributed by atoms with Crippen LogP contribution >= 0.6 is 0 Å². The smallest absolute Gasteiger partial charge is 0.249 e. The van der Waals surface area contributed by atoms with Crippen LogP contribution < -0.4 is 5.32 Å². The normalized spacial score (nSPS) is 23.4. The average Bonchev–Trinajstić information content (AvgIpc) is 3.09. The molecule has 1 aliphatic carbocycles. The monoisotopic (exact) mass is 334 g/mol. The first-order valence-electron chi connectivity index (χ1n) is 7.92. The molecule has 2 fully saturated rings. The molecule has 0 unspecified atom stereocenters. The fraction of sp³-hybridized carbons (Fsp3) is 0.438. The van der Waals surface area contributed by atoms with Crippen molar-refractivity contribution in [1.29, 1.82) is 0 Å². The Hall–Kier alpha value is -2.35. The molecule has 6 nitrogen and oxygen atoms in total. The van der Waals surface area contributed by atoms with E-state index in [1.807, 2.05) is 0 Å². The van der Waals surface area contributed by atoms with E-state index >= 15 is 0 Å². The van der Waals surface area contributed by atoms with Crippen LogP contribution in [0.5, 0.6) is 0 Å². The number of rotatable bonds is 4. The quantitative estimate of drug-likeness (QED) is 0.900. The van der Waals surface area contributed by atoms with Crippen LogP contribution in [0.4, 0.5) is 14.7 Å². The van der Waals surface area contributed by atoms with E-state index in [0.29, 0.717) is 18.9 Å². The highest BCUT2D eigenvalue weighted by Gasteiger charge is 2.44. The summed E-state index contributed by atoms with van der Waals surface area (Å²) in [7, 11) is 0. The van der Waals surface area contributed by atoms with Gasteiger partial charge in [0.15, 0.2) is 5.82 Å². The first-order chi connectivity index (χ1) is 11.6. The van der Waals surface area contributed by atoms with Gasteiger partial charge in [-0.25, -0.2) is 8.78 Å². The van der Waals surface area contributed by atoms with Crippen LogP contribution in [-0.4, -0.2) is 33.8 Å². The Bertz CT molecular complexity index is 755. The fourth-order valence-corrected chi connectivity index (χ4v) is 3.14. The molecule has 2 heterocycles. The summed E-state index contributed by atoms with van der Waals surface area (Å²) in [6, 6.07) is 3.54. The molecule has 2 aromatic rings. The summed E-state index contributed by atoms with van der Waals surface area (Å²) in [6.07, 6.45) is 2.79.